The van der Waals surface area contributed by atoms with Gasteiger partial charge in [0.05, 0.1) is 6.33 Å². The Balaban J connectivity index is 2.08. The first kappa shape index (κ1) is 12.7. The van der Waals surface area contributed by atoms with Crippen molar-refractivity contribution in [2.75, 3.05) is 5.32 Å². The molecular weight excluding hydrogens is 222 g/mol. The van der Waals surface area contributed by atoms with Gasteiger partial charge in [-0.25, -0.2) is 4.98 Å². The number of anilines is 1. The van der Waals surface area contributed by atoms with Gasteiger partial charge in [0, 0.05) is 29.8 Å². The van der Waals surface area contributed by atoms with Crippen LogP contribution in [0.4, 0.5) is 5.69 Å². The molecule has 0 aliphatic heterocycles. The lowest BCUT2D eigenvalue weighted by molar-refractivity contribution is 0.540. The lowest BCUT2D eigenvalue weighted by atomic mass is 10.1. The average Bonchev–Trinajstić information content (AvgIpc) is 2.81. The summed E-state index contributed by atoms with van der Waals surface area (Å²) >= 11 is 0. The Morgan fingerprint density at radius 3 is 2.78 bits per heavy atom. The van der Waals surface area contributed by atoms with Gasteiger partial charge in [0.15, 0.2) is 0 Å². The standard InChI is InChI=1S/C15H21N3/c1-12(2)9-13(3)17-14-5-4-6-15(10-14)18-8-7-16-11-18/h4-8,10-13,17H,9H2,1-3H3. The largest absolute Gasteiger partial charge is 0.383 e. The summed E-state index contributed by atoms with van der Waals surface area (Å²) in [6.07, 6.45) is 6.74. The first-order valence-corrected chi connectivity index (χ1v) is 6.50. The molecular formula is C15H21N3. The Hall–Kier alpha value is -1.77. The molecule has 0 aliphatic carbocycles. The maximum Gasteiger partial charge on any atom is 0.0991 e. The van der Waals surface area contributed by atoms with Crippen molar-refractivity contribution in [1.82, 2.24) is 9.55 Å². The fourth-order valence-electron chi connectivity index (χ4n) is 2.22. The highest BCUT2D eigenvalue weighted by atomic mass is 15.0. The molecule has 1 N–H and O–H groups in total. The van der Waals surface area contributed by atoms with E-state index in [0.717, 1.165) is 11.4 Å². The van der Waals surface area contributed by atoms with E-state index in [1.807, 2.05) is 17.1 Å². The Morgan fingerprint density at radius 2 is 2.11 bits per heavy atom. The summed E-state index contributed by atoms with van der Waals surface area (Å²) in [6, 6.07) is 8.90. The summed E-state index contributed by atoms with van der Waals surface area (Å²) in [5.41, 5.74) is 2.29. The number of hydrogen-bond donors (Lipinski definition) is 1. The van der Waals surface area contributed by atoms with Crippen molar-refractivity contribution >= 4 is 5.69 Å². The minimum Gasteiger partial charge on any atom is -0.383 e. The number of aromatic nitrogens is 2. The predicted octanol–water partition coefficient (Wildman–Crippen LogP) is 3.72. The Bertz CT molecular complexity index is 474. The molecule has 0 saturated heterocycles. The van der Waals surface area contributed by atoms with Crippen LogP contribution in [0.2, 0.25) is 0 Å². The lowest BCUT2D eigenvalue weighted by Crippen LogP contribution is -2.17. The predicted molar refractivity (Wildman–Crippen MR) is 76.1 cm³/mol. The zero-order valence-corrected chi connectivity index (χ0v) is 11.3. The first-order chi connectivity index (χ1) is 8.65. The van der Waals surface area contributed by atoms with Gasteiger partial charge in [-0.3, -0.25) is 0 Å². The van der Waals surface area contributed by atoms with Gasteiger partial charge in [-0.05, 0) is 37.5 Å². The van der Waals surface area contributed by atoms with Crippen LogP contribution in [-0.2, 0) is 0 Å². The van der Waals surface area contributed by atoms with E-state index in [9.17, 15) is 0 Å². The zero-order chi connectivity index (χ0) is 13.0. The van der Waals surface area contributed by atoms with E-state index in [2.05, 4.69) is 55.3 Å². The molecule has 1 aromatic heterocycles. The SMILES string of the molecule is CC(C)CC(C)Nc1cccc(-n2ccnc2)c1. The van der Waals surface area contributed by atoms with Gasteiger partial charge in [-0.1, -0.05) is 19.9 Å². The van der Waals surface area contributed by atoms with Crippen molar-refractivity contribution in [2.45, 2.75) is 33.2 Å². The Morgan fingerprint density at radius 1 is 1.28 bits per heavy atom. The van der Waals surface area contributed by atoms with Gasteiger partial charge in [-0.15, -0.1) is 0 Å². The van der Waals surface area contributed by atoms with Crippen LogP contribution < -0.4 is 5.32 Å². The second kappa shape index (κ2) is 5.71. The molecule has 0 saturated carbocycles. The maximum absolute atomic E-state index is 4.07. The maximum atomic E-state index is 4.07. The van der Waals surface area contributed by atoms with Crippen molar-refractivity contribution in [1.29, 1.82) is 0 Å². The molecule has 3 nitrogen and oxygen atoms in total. The minimum atomic E-state index is 0.489. The molecule has 96 valence electrons. The third-order valence-corrected chi connectivity index (χ3v) is 2.89. The molecule has 1 aromatic carbocycles. The third-order valence-electron chi connectivity index (χ3n) is 2.89. The molecule has 1 unspecified atom stereocenters. The van der Waals surface area contributed by atoms with Crippen LogP contribution in [0.1, 0.15) is 27.2 Å². The molecule has 0 aliphatic rings. The summed E-state index contributed by atoms with van der Waals surface area (Å²) in [5, 5.41) is 3.54. The van der Waals surface area contributed by atoms with E-state index in [1.54, 1.807) is 6.20 Å². The topological polar surface area (TPSA) is 29.9 Å². The minimum absolute atomic E-state index is 0.489. The van der Waals surface area contributed by atoms with Crippen LogP contribution in [0.15, 0.2) is 43.0 Å². The highest BCUT2D eigenvalue weighted by molar-refractivity contribution is 5.51. The van der Waals surface area contributed by atoms with Crippen LogP contribution in [-0.4, -0.2) is 15.6 Å². The molecule has 1 heterocycles. The van der Waals surface area contributed by atoms with E-state index in [1.165, 1.54) is 6.42 Å². The average molecular weight is 243 g/mol. The third kappa shape index (κ3) is 3.36. The lowest BCUT2D eigenvalue weighted by Gasteiger charge is -2.17. The fourth-order valence-corrected chi connectivity index (χ4v) is 2.22. The van der Waals surface area contributed by atoms with E-state index < -0.39 is 0 Å². The number of hydrogen-bond acceptors (Lipinski definition) is 2. The van der Waals surface area contributed by atoms with Crippen molar-refractivity contribution in [2.24, 2.45) is 5.92 Å². The number of imidazole rings is 1. The summed E-state index contributed by atoms with van der Waals surface area (Å²) < 4.78 is 2.01. The number of nitrogens with one attached hydrogen (secondary N) is 1. The van der Waals surface area contributed by atoms with Gasteiger partial charge in [-0.2, -0.15) is 0 Å². The van der Waals surface area contributed by atoms with Gasteiger partial charge < -0.3 is 9.88 Å². The number of benzene rings is 1. The van der Waals surface area contributed by atoms with Crippen LogP contribution in [0, 0.1) is 5.92 Å². The molecule has 18 heavy (non-hydrogen) atoms. The molecule has 2 rings (SSSR count). The molecule has 0 amide bonds. The number of rotatable bonds is 5. The molecule has 3 heteroatoms. The first-order valence-electron chi connectivity index (χ1n) is 6.50. The van der Waals surface area contributed by atoms with E-state index in [-0.39, 0.29) is 0 Å². The summed E-state index contributed by atoms with van der Waals surface area (Å²) in [4.78, 5) is 4.07. The summed E-state index contributed by atoms with van der Waals surface area (Å²) in [7, 11) is 0. The quantitative estimate of drug-likeness (QED) is 0.867. The van der Waals surface area contributed by atoms with Crippen LogP contribution in [0.25, 0.3) is 5.69 Å². The summed E-state index contributed by atoms with van der Waals surface area (Å²) in [6.45, 7) is 6.73. The molecule has 0 bridgehead atoms. The van der Waals surface area contributed by atoms with Crippen molar-refractivity contribution in [3.05, 3.63) is 43.0 Å². The molecule has 0 fully saturated rings. The summed E-state index contributed by atoms with van der Waals surface area (Å²) in [5.74, 6) is 0.712. The van der Waals surface area contributed by atoms with Gasteiger partial charge in [0.25, 0.3) is 0 Å². The van der Waals surface area contributed by atoms with E-state index in [4.69, 9.17) is 0 Å². The highest BCUT2D eigenvalue weighted by Gasteiger charge is 2.05. The normalized spacial score (nSPS) is 12.7. The molecule has 2 aromatic rings. The van der Waals surface area contributed by atoms with Crippen LogP contribution in [0.5, 0.6) is 0 Å². The Kier molecular flexibility index (Phi) is 4.03. The second-order valence-electron chi connectivity index (χ2n) is 5.20. The second-order valence-corrected chi connectivity index (χ2v) is 5.20. The monoisotopic (exact) mass is 243 g/mol. The number of nitrogens with zero attached hydrogens (tertiary/aromatic N) is 2. The van der Waals surface area contributed by atoms with Crippen molar-refractivity contribution in [3.8, 4) is 5.69 Å². The van der Waals surface area contributed by atoms with E-state index in [0.29, 0.717) is 12.0 Å². The fraction of sp³-hybridized carbons (Fsp3) is 0.400. The van der Waals surface area contributed by atoms with Crippen LogP contribution >= 0.6 is 0 Å². The van der Waals surface area contributed by atoms with Crippen LogP contribution in [0.3, 0.4) is 0 Å². The molecule has 0 spiro atoms. The molecule has 1 atom stereocenters. The smallest absolute Gasteiger partial charge is 0.0991 e. The van der Waals surface area contributed by atoms with Crippen molar-refractivity contribution in [3.63, 3.8) is 0 Å². The van der Waals surface area contributed by atoms with Crippen molar-refractivity contribution < 1.29 is 0 Å². The Labute approximate surface area is 109 Å². The van der Waals surface area contributed by atoms with Gasteiger partial charge >= 0.3 is 0 Å². The van der Waals surface area contributed by atoms with E-state index >= 15 is 0 Å². The highest BCUT2D eigenvalue weighted by Crippen LogP contribution is 2.17. The molecule has 0 radical (unpaired) electrons. The zero-order valence-electron chi connectivity index (χ0n) is 11.3. The van der Waals surface area contributed by atoms with Gasteiger partial charge in [0.1, 0.15) is 0 Å². The van der Waals surface area contributed by atoms with Gasteiger partial charge in [0.2, 0.25) is 0 Å².